The monoisotopic (exact) mass is 238 g/mol. The van der Waals surface area contributed by atoms with Crippen molar-refractivity contribution in [3.05, 3.63) is 35.4 Å². The van der Waals surface area contributed by atoms with E-state index in [1.807, 2.05) is 13.8 Å². The molecule has 2 rings (SSSR count). The molecule has 1 atom stereocenters. The van der Waals surface area contributed by atoms with Crippen molar-refractivity contribution in [1.29, 1.82) is 0 Å². The lowest BCUT2D eigenvalue weighted by Gasteiger charge is -2.25. The van der Waals surface area contributed by atoms with Crippen LogP contribution in [0, 0.1) is 23.0 Å². The van der Waals surface area contributed by atoms with E-state index in [1.54, 1.807) is 0 Å². The molecular formula is C14H16F2O. The van der Waals surface area contributed by atoms with E-state index in [9.17, 15) is 13.6 Å². The Kier molecular flexibility index (Phi) is 3.02. The van der Waals surface area contributed by atoms with E-state index in [0.717, 1.165) is 37.5 Å². The number of carbonyl (C=O) groups excluding carboxylic acids is 1. The van der Waals surface area contributed by atoms with Crippen LogP contribution in [-0.4, -0.2) is 5.78 Å². The second kappa shape index (κ2) is 4.21. The van der Waals surface area contributed by atoms with Gasteiger partial charge in [-0.2, -0.15) is 0 Å². The van der Waals surface area contributed by atoms with Gasteiger partial charge in [-0.1, -0.05) is 20.3 Å². The summed E-state index contributed by atoms with van der Waals surface area (Å²) >= 11 is 0. The molecule has 92 valence electrons. The quantitative estimate of drug-likeness (QED) is 0.712. The lowest BCUT2D eigenvalue weighted by atomic mass is 9.77. The molecule has 1 aromatic rings. The molecule has 0 spiro atoms. The standard InChI is InChI=1S/C14H16F2O/c1-14(2)7-3-4-11(14)13(17)10-8-9(15)5-6-12(10)16/h5-6,8,11H,3-4,7H2,1-2H3. The molecule has 1 unspecified atom stereocenters. The third-order valence-corrected chi connectivity index (χ3v) is 3.77. The highest BCUT2D eigenvalue weighted by Gasteiger charge is 2.40. The Balaban J connectivity index is 2.34. The summed E-state index contributed by atoms with van der Waals surface area (Å²) in [6, 6.07) is 3.06. The van der Waals surface area contributed by atoms with E-state index in [2.05, 4.69) is 0 Å². The van der Waals surface area contributed by atoms with E-state index in [0.29, 0.717) is 0 Å². The Labute approximate surface area is 99.8 Å². The van der Waals surface area contributed by atoms with Crippen molar-refractivity contribution < 1.29 is 13.6 Å². The number of benzene rings is 1. The summed E-state index contributed by atoms with van der Waals surface area (Å²) in [6.07, 6.45) is 2.70. The maximum Gasteiger partial charge on any atom is 0.169 e. The van der Waals surface area contributed by atoms with Gasteiger partial charge in [0, 0.05) is 5.92 Å². The third kappa shape index (κ3) is 2.24. The van der Waals surface area contributed by atoms with Crippen LogP contribution < -0.4 is 0 Å². The smallest absolute Gasteiger partial charge is 0.169 e. The summed E-state index contributed by atoms with van der Waals surface area (Å²) in [5, 5.41) is 0. The lowest BCUT2D eigenvalue weighted by molar-refractivity contribution is 0.0834. The molecule has 17 heavy (non-hydrogen) atoms. The van der Waals surface area contributed by atoms with Crippen LogP contribution in [-0.2, 0) is 0 Å². The molecule has 1 nitrogen and oxygen atoms in total. The van der Waals surface area contributed by atoms with Gasteiger partial charge >= 0.3 is 0 Å². The van der Waals surface area contributed by atoms with Crippen LogP contribution in [0.3, 0.4) is 0 Å². The second-order valence-electron chi connectivity index (χ2n) is 5.42. The lowest BCUT2D eigenvalue weighted by Crippen LogP contribution is -2.26. The molecular weight excluding hydrogens is 222 g/mol. The van der Waals surface area contributed by atoms with Crippen LogP contribution in [0.25, 0.3) is 0 Å². The fourth-order valence-corrected chi connectivity index (χ4v) is 2.69. The SMILES string of the molecule is CC1(C)CCCC1C(=O)c1cc(F)ccc1F. The number of hydrogen-bond donors (Lipinski definition) is 0. The molecule has 0 aromatic heterocycles. The highest BCUT2D eigenvalue weighted by atomic mass is 19.1. The minimum absolute atomic E-state index is 0.107. The van der Waals surface area contributed by atoms with Gasteiger partial charge in [0.2, 0.25) is 0 Å². The first-order chi connectivity index (χ1) is 7.92. The Bertz CT molecular complexity index is 452. The average Bonchev–Trinajstić information content (AvgIpc) is 2.61. The number of hydrogen-bond acceptors (Lipinski definition) is 1. The fourth-order valence-electron chi connectivity index (χ4n) is 2.69. The highest BCUT2D eigenvalue weighted by Crippen LogP contribution is 2.44. The van der Waals surface area contributed by atoms with Gasteiger partial charge in [-0.05, 0) is 36.5 Å². The van der Waals surface area contributed by atoms with Crippen LogP contribution in [0.4, 0.5) is 8.78 Å². The van der Waals surface area contributed by atoms with E-state index in [-0.39, 0.29) is 22.7 Å². The van der Waals surface area contributed by atoms with Crippen molar-refractivity contribution in [2.24, 2.45) is 11.3 Å². The van der Waals surface area contributed by atoms with Crippen LogP contribution in [0.2, 0.25) is 0 Å². The Hall–Kier alpha value is -1.25. The van der Waals surface area contributed by atoms with Gasteiger partial charge in [-0.25, -0.2) is 8.78 Å². The van der Waals surface area contributed by atoms with Crippen molar-refractivity contribution in [2.45, 2.75) is 33.1 Å². The number of halogens is 2. The van der Waals surface area contributed by atoms with Crippen LogP contribution in [0.1, 0.15) is 43.5 Å². The largest absolute Gasteiger partial charge is 0.294 e. The van der Waals surface area contributed by atoms with Gasteiger partial charge < -0.3 is 0 Å². The van der Waals surface area contributed by atoms with Crippen LogP contribution in [0.5, 0.6) is 0 Å². The number of ketones is 1. The number of carbonyl (C=O) groups is 1. The molecule has 0 saturated heterocycles. The predicted octanol–water partition coefficient (Wildman–Crippen LogP) is 3.97. The Morgan fingerprint density at radius 1 is 1.35 bits per heavy atom. The minimum Gasteiger partial charge on any atom is -0.294 e. The first kappa shape index (κ1) is 12.2. The van der Waals surface area contributed by atoms with E-state index < -0.39 is 11.6 Å². The molecule has 1 aliphatic rings. The van der Waals surface area contributed by atoms with Crippen molar-refractivity contribution in [2.75, 3.05) is 0 Å². The van der Waals surface area contributed by atoms with E-state index in [4.69, 9.17) is 0 Å². The summed E-state index contributed by atoms with van der Waals surface area (Å²) in [4.78, 5) is 12.2. The molecule has 1 aromatic carbocycles. The van der Waals surface area contributed by atoms with Crippen molar-refractivity contribution in [3.63, 3.8) is 0 Å². The molecule has 1 aliphatic carbocycles. The topological polar surface area (TPSA) is 17.1 Å². The van der Waals surface area contributed by atoms with Gasteiger partial charge in [0.1, 0.15) is 11.6 Å². The molecule has 1 fully saturated rings. The van der Waals surface area contributed by atoms with E-state index in [1.165, 1.54) is 0 Å². The molecule has 0 radical (unpaired) electrons. The predicted molar refractivity (Wildman–Crippen MR) is 61.8 cm³/mol. The van der Waals surface area contributed by atoms with Crippen molar-refractivity contribution in [1.82, 2.24) is 0 Å². The fraction of sp³-hybridized carbons (Fsp3) is 0.500. The second-order valence-corrected chi connectivity index (χ2v) is 5.42. The van der Waals surface area contributed by atoms with Gasteiger partial charge in [0.05, 0.1) is 5.56 Å². The van der Waals surface area contributed by atoms with Gasteiger partial charge in [0.25, 0.3) is 0 Å². The molecule has 0 heterocycles. The summed E-state index contributed by atoms with van der Waals surface area (Å²) in [6.45, 7) is 4.03. The molecule has 3 heteroatoms. The zero-order chi connectivity index (χ0) is 12.6. The van der Waals surface area contributed by atoms with E-state index >= 15 is 0 Å². The summed E-state index contributed by atoms with van der Waals surface area (Å²) in [5.74, 6) is -1.65. The first-order valence-electron chi connectivity index (χ1n) is 5.91. The first-order valence-corrected chi connectivity index (χ1v) is 5.91. The normalized spacial score (nSPS) is 22.7. The zero-order valence-electron chi connectivity index (χ0n) is 10.1. The summed E-state index contributed by atoms with van der Waals surface area (Å²) in [7, 11) is 0. The molecule has 0 aliphatic heterocycles. The summed E-state index contributed by atoms with van der Waals surface area (Å²) < 4.78 is 26.6. The maximum absolute atomic E-state index is 13.5. The van der Waals surface area contributed by atoms with Gasteiger partial charge in [-0.15, -0.1) is 0 Å². The van der Waals surface area contributed by atoms with Gasteiger partial charge in [0.15, 0.2) is 5.78 Å². The van der Waals surface area contributed by atoms with Crippen molar-refractivity contribution in [3.8, 4) is 0 Å². The Morgan fingerprint density at radius 2 is 2.06 bits per heavy atom. The maximum atomic E-state index is 13.5. The summed E-state index contributed by atoms with van der Waals surface area (Å²) in [5.41, 5.74) is -0.222. The van der Waals surface area contributed by atoms with Crippen LogP contribution in [0.15, 0.2) is 18.2 Å². The molecule has 0 amide bonds. The molecule has 0 bridgehead atoms. The number of rotatable bonds is 2. The average molecular weight is 238 g/mol. The Morgan fingerprint density at radius 3 is 2.65 bits per heavy atom. The minimum atomic E-state index is -0.626. The number of Topliss-reactive ketones (excluding diaryl/α,β-unsaturated/α-hetero) is 1. The molecule has 0 N–H and O–H groups in total. The zero-order valence-corrected chi connectivity index (χ0v) is 10.1. The van der Waals surface area contributed by atoms with Gasteiger partial charge in [-0.3, -0.25) is 4.79 Å². The van der Waals surface area contributed by atoms with Crippen LogP contribution >= 0.6 is 0 Å². The highest BCUT2D eigenvalue weighted by molar-refractivity contribution is 5.98. The van der Waals surface area contributed by atoms with Crippen molar-refractivity contribution >= 4 is 5.78 Å². The third-order valence-electron chi connectivity index (χ3n) is 3.77. The molecule has 1 saturated carbocycles.